The van der Waals surface area contributed by atoms with E-state index in [4.69, 9.17) is 5.21 Å². The summed E-state index contributed by atoms with van der Waals surface area (Å²) in [5, 5.41) is 24.8. The van der Waals surface area contributed by atoms with Gasteiger partial charge in [0, 0.05) is 11.5 Å². The molecule has 0 bridgehead atoms. The second-order valence-corrected chi connectivity index (χ2v) is 4.31. The van der Waals surface area contributed by atoms with E-state index in [1.165, 1.54) is 18.2 Å². The Bertz CT molecular complexity index is 445. The fourth-order valence-corrected chi connectivity index (χ4v) is 2.28. The molecule has 1 aromatic carbocycles. The number of hydrogen-bond acceptors (Lipinski definition) is 5. The van der Waals surface area contributed by atoms with Gasteiger partial charge >= 0.3 is 0 Å². The topological polar surface area (TPSA) is 76.9 Å². The molecule has 0 radical (unpaired) electrons. The highest BCUT2D eigenvalue weighted by atomic mass is 19.1. The number of nitrogens with zero attached hydrogens (tertiary/aromatic N) is 1. The van der Waals surface area contributed by atoms with Gasteiger partial charge in [-0.3, -0.25) is 10.7 Å². The van der Waals surface area contributed by atoms with Gasteiger partial charge in [-0.15, -0.1) is 0 Å². The molecule has 0 amide bonds. The van der Waals surface area contributed by atoms with Crippen molar-refractivity contribution in [2.75, 3.05) is 18.6 Å². The Morgan fingerprint density at radius 1 is 1.39 bits per heavy atom. The Balaban J connectivity index is 2.32. The number of anilines is 1. The van der Waals surface area contributed by atoms with Gasteiger partial charge in [-0.1, -0.05) is 5.16 Å². The van der Waals surface area contributed by atoms with E-state index >= 15 is 0 Å². The minimum atomic E-state index is -0.460. The molecule has 1 aliphatic rings. The van der Waals surface area contributed by atoms with Crippen LogP contribution in [0.25, 0.3) is 0 Å². The summed E-state index contributed by atoms with van der Waals surface area (Å²) in [7, 11) is 0. The molecule has 0 saturated carbocycles. The molecule has 0 aromatic heterocycles. The molecule has 2 rings (SSSR count). The van der Waals surface area contributed by atoms with Crippen molar-refractivity contribution in [3.63, 3.8) is 0 Å². The van der Waals surface area contributed by atoms with Crippen LogP contribution >= 0.6 is 0 Å². The van der Waals surface area contributed by atoms with Crippen molar-refractivity contribution in [3.05, 3.63) is 29.6 Å². The molecule has 0 spiro atoms. The molecule has 1 fully saturated rings. The van der Waals surface area contributed by atoms with Crippen LogP contribution in [0.4, 0.5) is 10.1 Å². The lowest BCUT2D eigenvalue weighted by Crippen LogP contribution is -2.32. The Morgan fingerprint density at radius 3 is 2.72 bits per heavy atom. The summed E-state index contributed by atoms with van der Waals surface area (Å²) in [4.78, 5) is 0. The van der Waals surface area contributed by atoms with Gasteiger partial charge in [0.2, 0.25) is 0 Å². The van der Waals surface area contributed by atoms with E-state index in [2.05, 4.69) is 10.5 Å². The van der Waals surface area contributed by atoms with E-state index in [1.54, 1.807) is 0 Å². The number of halogens is 1. The number of piperidine rings is 1. The number of benzene rings is 1. The lowest BCUT2D eigenvalue weighted by atomic mass is 9.88. The van der Waals surface area contributed by atoms with Crippen molar-refractivity contribution in [1.82, 2.24) is 5.32 Å². The molecular formula is C12H16FN3O2. The second-order valence-electron chi connectivity index (χ2n) is 4.31. The van der Waals surface area contributed by atoms with Gasteiger partial charge in [-0.2, -0.15) is 0 Å². The summed E-state index contributed by atoms with van der Waals surface area (Å²) in [6.07, 6.45) is 1.70. The number of nitrogens with one attached hydrogen (secondary N) is 2. The van der Waals surface area contributed by atoms with E-state index in [1.807, 2.05) is 5.48 Å². The van der Waals surface area contributed by atoms with Crippen LogP contribution in [0.5, 0.6) is 0 Å². The SMILES string of the molecule is ON=C(c1ccc(F)cc1NO)C1CCNCC1. The molecule has 6 heteroatoms. The first-order valence-electron chi connectivity index (χ1n) is 5.89. The smallest absolute Gasteiger partial charge is 0.125 e. The third-order valence-corrected chi connectivity index (χ3v) is 3.21. The van der Waals surface area contributed by atoms with Gasteiger partial charge in [-0.25, -0.2) is 4.39 Å². The summed E-state index contributed by atoms with van der Waals surface area (Å²) in [6.45, 7) is 1.71. The van der Waals surface area contributed by atoms with Crippen LogP contribution in [0.2, 0.25) is 0 Å². The fraction of sp³-hybridized carbons (Fsp3) is 0.417. The lowest BCUT2D eigenvalue weighted by molar-refractivity contribution is 0.311. The van der Waals surface area contributed by atoms with Crippen molar-refractivity contribution < 1.29 is 14.8 Å². The van der Waals surface area contributed by atoms with Crippen LogP contribution in [0.15, 0.2) is 23.4 Å². The van der Waals surface area contributed by atoms with Gasteiger partial charge < -0.3 is 10.5 Å². The molecule has 1 aromatic rings. The minimum Gasteiger partial charge on any atom is -0.411 e. The van der Waals surface area contributed by atoms with E-state index < -0.39 is 5.82 Å². The standard InChI is InChI=1S/C12H16FN3O2/c13-9-1-2-10(11(7-9)15-17)12(16-18)8-3-5-14-6-4-8/h1-2,7-8,14-15,17-18H,3-6H2. The molecule has 98 valence electrons. The monoisotopic (exact) mass is 253 g/mol. The normalized spacial score (nSPS) is 17.8. The maximum atomic E-state index is 13.1. The number of rotatable bonds is 3. The molecule has 1 heterocycles. The molecule has 4 N–H and O–H groups in total. The molecule has 5 nitrogen and oxygen atoms in total. The maximum Gasteiger partial charge on any atom is 0.125 e. The highest BCUT2D eigenvalue weighted by Gasteiger charge is 2.23. The summed E-state index contributed by atoms with van der Waals surface area (Å²) in [6, 6.07) is 3.95. The second kappa shape index (κ2) is 5.79. The summed E-state index contributed by atoms with van der Waals surface area (Å²) >= 11 is 0. The molecule has 0 aliphatic carbocycles. The average Bonchev–Trinajstić information content (AvgIpc) is 2.42. The predicted molar refractivity (Wildman–Crippen MR) is 65.7 cm³/mol. The molecule has 1 saturated heterocycles. The summed E-state index contributed by atoms with van der Waals surface area (Å²) in [5.41, 5.74) is 3.15. The average molecular weight is 253 g/mol. The van der Waals surface area contributed by atoms with Gasteiger partial charge in [0.05, 0.1) is 11.4 Å². The largest absolute Gasteiger partial charge is 0.411 e. The molecular weight excluding hydrogens is 237 g/mol. The van der Waals surface area contributed by atoms with Crippen molar-refractivity contribution in [2.24, 2.45) is 11.1 Å². The first-order valence-corrected chi connectivity index (χ1v) is 5.89. The van der Waals surface area contributed by atoms with Crippen LogP contribution in [0.3, 0.4) is 0 Å². The quantitative estimate of drug-likeness (QED) is 0.376. The molecule has 1 aliphatic heterocycles. The Hall–Kier alpha value is -1.66. The van der Waals surface area contributed by atoms with Gasteiger partial charge in [0.25, 0.3) is 0 Å². The van der Waals surface area contributed by atoms with Crippen LogP contribution in [0.1, 0.15) is 18.4 Å². The highest BCUT2D eigenvalue weighted by Crippen LogP contribution is 2.25. The Labute approximate surface area is 104 Å². The minimum absolute atomic E-state index is 0.105. The molecule has 0 unspecified atom stereocenters. The lowest BCUT2D eigenvalue weighted by Gasteiger charge is -2.24. The zero-order chi connectivity index (χ0) is 13.0. The predicted octanol–water partition coefficient (Wildman–Crippen LogP) is 1.80. The van der Waals surface area contributed by atoms with Crippen LogP contribution in [-0.4, -0.2) is 29.2 Å². The number of oxime groups is 1. The third-order valence-electron chi connectivity index (χ3n) is 3.21. The first-order chi connectivity index (χ1) is 8.76. The molecule has 18 heavy (non-hydrogen) atoms. The highest BCUT2D eigenvalue weighted by molar-refractivity contribution is 6.06. The summed E-state index contributed by atoms with van der Waals surface area (Å²) < 4.78 is 13.1. The maximum absolute atomic E-state index is 13.1. The van der Waals surface area contributed by atoms with Crippen molar-refractivity contribution in [1.29, 1.82) is 0 Å². The summed E-state index contributed by atoms with van der Waals surface area (Å²) in [5.74, 6) is -0.355. The van der Waals surface area contributed by atoms with Gasteiger partial charge in [-0.05, 0) is 44.1 Å². The van der Waals surface area contributed by atoms with Crippen LogP contribution < -0.4 is 10.8 Å². The number of hydrogen-bond donors (Lipinski definition) is 4. The van der Waals surface area contributed by atoms with E-state index in [0.717, 1.165) is 25.9 Å². The Morgan fingerprint density at radius 2 is 2.11 bits per heavy atom. The zero-order valence-corrected chi connectivity index (χ0v) is 9.86. The van der Waals surface area contributed by atoms with E-state index in [0.29, 0.717) is 11.3 Å². The fourth-order valence-electron chi connectivity index (χ4n) is 2.28. The first kappa shape index (κ1) is 12.8. The van der Waals surface area contributed by atoms with E-state index in [9.17, 15) is 9.60 Å². The van der Waals surface area contributed by atoms with Gasteiger partial charge in [0.15, 0.2) is 0 Å². The van der Waals surface area contributed by atoms with Gasteiger partial charge in [0.1, 0.15) is 5.82 Å². The third kappa shape index (κ3) is 2.60. The Kier molecular flexibility index (Phi) is 4.11. The van der Waals surface area contributed by atoms with Crippen molar-refractivity contribution in [3.8, 4) is 0 Å². The zero-order valence-electron chi connectivity index (χ0n) is 9.86. The van der Waals surface area contributed by atoms with Crippen LogP contribution in [-0.2, 0) is 0 Å². The van der Waals surface area contributed by atoms with Crippen molar-refractivity contribution in [2.45, 2.75) is 12.8 Å². The molecule has 0 atom stereocenters. The van der Waals surface area contributed by atoms with Crippen LogP contribution in [0, 0.1) is 11.7 Å². The van der Waals surface area contributed by atoms with E-state index in [-0.39, 0.29) is 11.6 Å². The van der Waals surface area contributed by atoms with Crippen molar-refractivity contribution >= 4 is 11.4 Å².